The molecular formula is C17H24N2O2. The van der Waals surface area contributed by atoms with Crippen molar-refractivity contribution in [2.24, 2.45) is 0 Å². The number of aryl methyl sites for hydroxylation is 2. The smallest absolute Gasteiger partial charge is 0.140 e. The number of ether oxygens (including phenoxy) is 1. The highest BCUT2D eigenvalue weighted by molar-refractivity contribution is 5.28. The van der Waals surface area contributed by atoms with Crippen molar-refractivity contribution in [3.63, 3.8) is 0 Å². The lowest BCUT2D eigenvalue weighted by Crippen LogP contribution is -2.27. The molecule has 0 aliphatic rings. The van der Waals surface area contributed by atoms with E-state index in [4.69, 9.17) is 9.26 Å². The van der Waals surface area contributed by atoms with Gasteiger partial charge in [-0.25, -0.2) is 0 Å². The summed E-state index contributed by atoms with van der Waals surface area (Å²) in [6.07, 6.45) is 1.03. The lowest BCUT2D eigenvalue weighted by atomic mass is 10.1. The molecular weight excluding hydrogens is 264 g/mol. The highest BCUT2D eigenvalue weighted by Crippen LogP contribution is 2.18. The molecule has 0 aliphatic carbocycles. The molecule has 1 N–H and O–H groups in total. The van der Waals surface area contributed by atoms with E-state index in [2.05, 4.69) is 36.5 Å². The first-order valence-electron chi connectivity index (χ1n) is 7.47. The molecule has 0 amide bonds. The second-order valence-electron chi connectivity index (χ2n) is 5.40. The van der Waals surface area contributed by atoms with E-state index < -0.39 is 0 Å². The Morgan fingerprint density at radius 3 is 2.52 bits per heavy atom. The minimum atomic E-state index is 0.490. The first-order chi connectivity index (χ1) is 10.1. The third-order valence-corrected chi connectivity index (χ3v) is 3.58. The van der Waals surface area contributed by atoms with Crippen molar-refractivity contribution in [3.05, 3.63) is 46.8 Å². The number of benzene rings is 1. The van der Waals surface area contributed by atoms with Gasteiger partial charge in [-0.15, -0.1) is 0 Å². The van der Waals surface area contributed by atoms with Gasteiger partial charge in [0.25, 0.3) is 0 Å². The summed E-state index contributed by atoms with van der Waals surface area (Å²) in [4.78, 5) is 0. The van der Waals surface area contributed by atoms with Crippen LogP contribution in [0, 0.1) is 13.8 Å². The van der Waals surface area contributed by atoms with Gasteiger partial charge >= 0.3 is 0 Å². The fourth-order valence-electron chi connectivity index (χ4n) is 2.36. The molecule has 1 unspecified atom stereocenters. The third kappa shape index (κ3) is 4.33. The van der Waals surface area contributed by atoms with Crippen molar-refractivity contribution in [1.29, 1.82) is 0 Å². The summed E-state index contributed by atoms with van der Waals surface area (Å²) in [5.74, 6) is 1.69. The molecule has 2 aromatic rings. The largest absolute Gasteiger partial charge is 0.489 e. The molecule has 2 rings (SSSR count). The molecule has 4 heteroatoms. The average molecular weight is 288 g/mol. The Morgan fingerprint density at radius 1 is 1.24 bits per heavy atom. The van der Waals surface area contributed by atoms with E-state index in [1.807, 2.05) is 26.0 Å². The molecule has 0 saturated carbocycles. The minimum absolute atomic E-state index is 0.490. The van der Waals surface area contributed by atoms with E-state index in [1.165, 1.54) is 5.56 Å². The molecule has 0 spiro atoms. The first kappa shape index (κ1) is 15.6. The van der Waals surface area contributed by atoms with Gasteiger partial charge in [-0.1, -0.05) is 24.2 Å². The number of rotatable bonds is 7. The van der Waals surface area contributed by atoms with Crippen LogP contribution in [0.5, 0.6) is 5.75 Å². The van der Waals surface area contributed by atoms with Crippen molar-refractivity contribution < 1.29 is 9.26 Å². The number of hydrogen-bond acceptors (Lipinski definition) is 4. The fraction of sp³-hybridized carbons (Fsp3) is 0.471. The van der Waals surface area contributed by atoms with Crippen LogP contribution in [0.4, 0.5) is 0 Å². The summed E-state index contributed by atoms with van der Waals surface area (Å²) in [5, 5.41) is 7.35. The SMILES string of the molecule is CCNC(C)Cc1ccc(OCc2c(C)noc2C)cc1. The number of nitrogens with one attached hydrogen (secondary N) is 1. The van der Waals surface area contributed by atoms with Crippen LogP contribution < -0.4 is 10.1 Å². The molecule has 1 heterocycles. The molecule has 0 fully saturated rings. The van der Waals surface area contributed by atoms with Gasteiger partial charge in [0.1, 0.15) is 18.1 Å². The molecule has 1 aromatic carbocycles. The number of aromatic nitrogens is 1. The summed E-state index contributed by atoms with van der Waals surface area (Å²) in [6, 6.07) is 8.77. The predicted octanol–water partition coefficient (Wildman–Crippen LogP) is 3.41. The Hall–Kier alpha value is -1.81. The second kappa shape index (κ2) is 7.27. The molecule has 0 aliphatic heterocycles. The quantitative estimate of drug-likeness (QED) is 0.848. The van der Waals surface area contributed by atoms with E-state index in [1.54, 1.807) is 0 Å². The number of hydrogen-bond donors (Lipinski definition) is 1. The van der Waals surface area contributed by atoms with Crippen molar-refractivity contribution >= 4 is 0 Å². The lowest BCUT2D eigenvalue weighted by molar-refractivity contribution is 0.301. The van der Waals surface area contributed by atoms with Crippen LogP contribution in [0.15, 0.2) is 28.8 Å². The van der Waals surface area contributed by atoms with Crippen LogP contribution >= 0.6 is 0 Å². The molecule has 0 bridgehead atoms. The predicted molar refractivity (Wildman–Crippen MR) is 83.6 cm³/mol. The highest BCUT2D eigenvalue weighted by Gasteiger charge is 2.09. The third-order valence-electron chi connectivity index (χ3n) is 3.58. The zero-order chi connectivity index (χ0) is 15.2. The van der Waals surface area contributed by atoms with Crippen molar-refractivity contribution in [2.75, 3.05) is 6.54 Å². The summed E-state index contributed by atoms with van der Waals surface area (Å²) in [5.41, 5.74) is 3.23. The van der Waals surface area contributed by atoms with E-state index >= 15 is 0 Å². The molecule has 1 atom stereocenters. The lowest BCUT2D eigenvalue weighted by Gasteiger charge is -2.12. The normalized spacial score (nSPS) is 12.4. The summed E-state index contributed by atoms with van der Waals surface area (Å²) in [6.45, 7) is 9.66. The monoisotopic (exact) mass is 288 g/mol. The van der Waals surface area contributed by atoms with E-state index in [9.17, 15) is 0 Å². The van der Waals surface area contributed by atoms with Gasteiger partial charge in [-0.3, -0.25) is 0 Å². The maximum Gasteiger partial charge on any atom is 0.140 e. The average Bonchev–Trinajstić information content (AvgIpc) is 2.78. The van der Waals surface area contributed by atoms with Crippen LogP contribution in [-0.4, -0.2) is 17.7 Å². The summed E-state index contributed by atoms with van der Waals surface area (Å²) < 4.78 is 10.9. The molecule has 0 radical (unpaired) electrons. The molecule has 114 valence electrons. The zero-order valence-corrected chi connectivity index (χ0v) is 13.3. The molecule has 4 nitrogen and oxygen atoms in total. The van der Waals surface area contributed by atoms with Gasteiger partial charge in [0.05, 0.1) is 11.3 Å². The Kier molecular flexibility index (Phi) is 5.39. The second-order valence-corrected chi connectivity index (χ2v) is 5.40. The van der Waals surface area contributed by atoms with Gasteiger partial charge in [0.2, 0.25) is 0 Å². The van der Waals surface area contributed by atoms with Gasteiger partial charge in [0, 0.05) is 6.04 Å². The van der Waals surface area contributed by atoms with E-state index in [0.717, 1.165) is 35.7 Å². The maximum absolute atomic E-state index is 5.80. The molecule has 1 aromatic heterocycles. The molecule has 0 saturated heterocycles. The van der Waals surface area contributed by atoms with Gasteiger partial charge in [-0.05, 0) is 51.4 Å². The first-order valence-corrected chi connectivity index (χ1v) is 7.47. The van der Waals surface area contributed by atoms with E-state index in [0.29, 0.717) is 12.6 Å². The number of nitrogens with zero attached hydrogens (tertiary/aromatic N) is 1. The topological polar surface area (TPSA) is 47.3 Å². The van der Waals surface area contributed by atoms with Gasteiger partial charge in [0.15, 0.2) is 0 Å². The summed E-state index contributed by atoms with van der Waals surface area (Å²) in [7, 11) is 0. The van der Waals surface area contributed by atoms with Crippen molar-refractivity contribution in [3.8, 4) is 5.75 Å². The maximum atomic E-state index is 5.80. The van der Waals surface area contributed by atoms with E-state index in [-0.39, 0.29) is 0 Å². The Bertz CT molecular complexity index is 541. The number of likely N-dealkylation sites (N-methyl/N-ethyl adjacent to an activating group) is 1. The Labute approximate surface area is 126 Å². The van der Waals surface area contributed by atoms with Crippen LogP contribution in [0.3, 0.4) is 0 Å². The fourth-order valence-corrected chi connectivity index (χ4v) is 2.36. The van der Waals surface area contributed by atoms with Crippen molar-refractivity contribution in [1.82, 2.24) is 10.5 Å². The molecule has 21 heavy (non-hydrogen) atoms. The summed E-state index contributed by atoms with van der Waals surface area (Å²) >= 11 is 0. The highest BCUT2D eigenvalue weighted by atomic mass is 16.5. The van der Waals surface area contributed by atoms with Crippen LogP contribution in [-0.2, 0) is 13.0 Å². The van der Waals surface area contributed by atoms with Crippen LogP contribution in [0.25, 0.3) is 0 Å². The van der Waals surface area contributed by atoms with Gasteiger partial charge in [-0.2, -0.15) is 0 Å². The van der Waals surface area contributed by atoms with Gasteiger partial charge < -0.3 is 14.6 Å². The standard InChI is InChI=1S/C17H24N2O2/c1-5-18-12(2)10-15-6-8-16(9-7-15)20-11-17-13(3)19-21-14(17)4/h6-9,12,18H,5,10-11H2,1-4H3. The Morgan fingerprint density at radius 2 is 1.95 bits per heavy atom. The Balaban J connectivity index is 1.90. The van der Waals surface area contributed by atoms with Crippen molar-refractivity contribution in [2.45, 2.75) is 46.8 Å². The zero-order valence-electron chi connectivity index (χ0n) is 13.3. The van der Waals surface area contributed by atoms with Crippen LogP contribution in [0.2, 0.25) is 0 Å². The van der Waals surface area contributed by atoms with Crippen LogP contribution in [0.1, 0.15) is 36.4 Å². The minimum Gasteiger partial charge on any atom is -0.489 e.